The van der Waals surface area contributed by atoms with E-state index in [0.29, 0.717) is 17.6 Å². The maximum absolute atomic E-state index is 13.3. The number of hydrogen-bond acceptors (Lipinski definition) is 7. The van der Waals surface area contributed by atoms with Crippen molar-refractivity contribution < 1.29 is 13.2 Å². The topological polar surface area (TPSA) is 95.5 Å². The van der Waals surface area contributed by atoms with Crippen LogP contribution in [0.5, 0.6) is 0 Å². The molecule has 0 spiro atoms. The molecule has 3 aromatic rings. The molecule has 2 atom stereocenters. The zero-order valence-corrected chi connectivity index (χ0v) is 22.3. The monoisotopic (exact) mass is 519 g/mol. The van der Waals surface area contributed by atoms with E-state index in [0.717, 1.165) is 32.4 Å². The molecule has 0 bridgehead atoms. The van der Waals surface area contributed by atoms with Crippen LogP contribution in [0.1, 0.15) is 62.0 Å². The van der Waals surface area contributed by atoms with Crippen molar-refractivity contribution in [2.75, 3.05) is 22.9 Å². The van der Waals surface area contributed by atoms with E-state index in [-0.39, 0.29) is 22.2 Å². The predicted octanol–water partition coefficient (Wildman–Crippen LogP) is 4.56. The summed E-state index contributed by atoms with van der Waals surface area (Å²) in [6.45, 7) is 7.95. The van der Waals surface area contributed by atoms with E-state index in [1.807, 2.05) is 24.3 Å². The molecule has 1 aromatic carbocycles. The Morgan fingerprint density at radius 3 is 2.51 bits per heavy atom. The van der Waals surface area contributed by atoms with Gasteiger partial charge in [0.15, 0.2) is 5.03 Å². The summed E-state index contributed by atoms with van der Waals surface area (Å²) >= 11 is 0. The average molecular weight is 520 g/mol. The van der Waals surface area contributed by atoms with Crippen LogP contribution in [0.15, 0.2) is 71.9 Å². The Morgan fingerprint density at radius 2 is 1.78 bits per heavy atom. The van der Waals surface area contributed by atoms with Gasteiger partial charge in [-0.3, -0.25) is 4.79 Å². The fraction of sp³-hybridized carbons (Fsp3) is 0.393. The standard InChI is InChI=1S/C28H33N5O3S/c1-20-16-19-33(28(20,2)3)26-22(12-8-17-29-26)27(34)31-37(35,36)25-15-7-14-24(30-25)32-18-9-13-23(32)21-10-5-4-6-11-21/h4-8,10-12,14-15,17,20,23H,9,13,16,18-19H2,1-3H3,(H,31,34). The number of benzene rings is 1. The number of hydrogen-bond donors (Lipinski definition) is 1. The molecule has 0 aliphatic carbocycles. The van der Waals surface area contributed by atoms with E-state index in [1.54, 1.807) is 24.4 Å². The molecular formula is C28H33N5O3S. The molecule has 8 nitrogen and oxygen atoms in total. The van der Waals surface area contributed by atoms with Crippen LogP contribution in [0.25, 0.3) is 0 Å². The number of rotatable bonds is 6. The maximum atomic E-state index is 13.3. The number of anilines is 2. The molecule has 2 unspecified atom stereocenters. The van der Waals surface area contributed by atoms with E-state index in [1.165, 1.54) is 11.6 Å². The molecular weight excluding hydrogens is 486 g/mol. The van der Waals surface area contributed by atoms with Gasteiger partial charge in [-0.05, 0) is 68.9 Å². The van der Waals surface area contributed by atoms with Crippen LogP contribution >= 0.6 is 0 Å². The fourth-order valence-electron chi connectivity index (χ4n) is 5.40. The smallest absolute Gasteiger partial charge is 0.281 e. The van der Waals surface area contributed by atoms with Crippen molar-refractivity contribution in [3.63, 3.8) is 0 Å². The van der Waals surface area contributed by atoms with Gasteiger partial charge in [-0.25, -0.2) is 14.7 Å². The Hall–Kier alpha value is -3.46. The van der Waals surface area contributed by atoms with Crippen molar-refractivity contribution in [2.24, 2.45) is 5.92 Å². The van der Waals surface area contributed by atoms with Crippen molar-refractivity contribution in [1.29, 1.82) is 0 Å². The van der Waals surface area contributed by atoms with Gasteiger partial charge in [0.2, 0.25) is 0 Å². The van der Waals surface area contributed by atoms with Crippen molar-refractivity contribution in [3.05, 3.63) is 78.0 Å². The molecule has 2 fully saturated rings. The van der Waals surface area contributed by atoms with Crippen molar-refractivity contribution >= 4 is 27.6 Å². The van der Waals surface area contributed by atoms with Gasteiger partial charge in [0.25, 0.3) is 15.9 Å². The summed E-state index contributed by atoms with van der Waals surface area (Å²) in [7, 11) is -4.21. The number of carbonyl (C=O) groups excluding carboxylic acids is 1. The molecule has 2 aliphatic heterocycles. The first kappa shape index (κ1) is 25.2. The second-order valence-corrected chi connectivity index (χ2v) is 12.0. The van der Waals surface area contributed by atoms with Gasteiger partial charge < -0.3 is 9.80 Å². The summed E-state index contributed by atoms with van der Waals surface area (Å²) in [6, 6.07) is 18.5. The van der Waals surface area contributed by atoms with E-state index < -0.39 is 15.9 Å². The molecule has 2 saturated heterocycles. The van der Waals surface area contributed by atoms with E-state index >= 15 is 0 Å². The Bertz CT molecular complexity index is 1390. The molecule has 2 aromatic heterocycles. The van der Waals surface area contributed by atoms with E-state index in [4.69, 9.17) is 0 Å². The van der Waals surface area contributed by atoms with Gasteiger partial charge in [-0.15, -0.1) is 0 Å². The molecule has 4 heterocycles. The number of aromatic nitrogens is 2. The largest absolute Gasteiger partial charge is 0.351 e. The molecule has 5 rings (SSSR count). The molecule has 9 heteroatoms. The van der Waals surface area contributed by atoms with Crippen molar-refractivity contribution in [2.45, 2.75) is 56.6 Å². The summed E-state index contributed by atoms with van der Waals surface area (Å²) in [5, 5.41) is -0.183. The lowest BCUT2D eigenvalue weighted by Crippen LogP contribution is -2.43. The molecule has 2 aliphatic rings. The summed E-state index contributed by atoms with van der Waals surface area (Å²) < 4.78 is 28.8. The van der Waals surface area contributed by atoms with Gasteiger partial charge in [-0.1, -0.05) is 43.3 Å². The number of nitrogens with zero attached hydrogens (tertiary/aromatic N) is 4. The van der Waals surface area contributed by atoms with Crippen LogP contribution in [-0.2, 0) is 10.0 Å². The summed E-state index contributed by atoms with van der Waals surface area (Å²) in [5.41, 5.74) is 1.20. The molecule has 0 saturated carbocycles. The fourth-order valence-corrected chi connectivity index (χ4v) is 6.33. The summed E-state index contributed by atoms with van der Waals surface area (Å²) in [5.74, 6) is 0.769. The number of sulfonamides is 1. The van der Waals surface area contributed by atoms with Crippen LogP contribution in [0.4, 0.5) is 11.6 Å². The first-order valence-corrected chi connectivity index (χ1v) is 14.3. The highest BCUT2D eigenvalue weighted by Crippen LogP contribution is 2.38. The average Bonchev–Trinajstić information content (AvgIpc) is 3.49. The van der Waals surface area contributed by atoms with Crippen LogP contribution in [0, 0.1) is 5.92 Å². The molecule has 37 heavy (non-hydrogen) atoms. The van der Waals surface area contributed by atoms with Crippen LogP contribution < -0.4 is 14.5 Å². The van der Waals surface area contributed by atoms with Crippen molar-refractivity contribution in [3.8, 4) is 0 Å². The van der Waals surface area contributed by atoms with Gasteiger partial charge in [0.1, 0.15) is 11.6 Å². The maximum Gasteiger partial charge on any atom is 0.281 e. The van der Waals surface area contributed by atoms with Crippen LogP contribution in [0.3, 0.4) is 0 Å². The Morgan fingerprint density at radius 1 is 1.00 bits per heavy atom. The number of nitrogens with one attached hydrogen (secondary N) is 1. The normalized spacial score (nSPS) is 21.3. The second-order valence-electron chi connectivity index (χ2n) is 10.4. The lowest BCUT2D eigenvalue weighted by atomic mass is 9.90. The minimum atomic E-state index is -4.21. The highest BCUT2D eigenvalue weighted by atomic mass is 32.2. The highest BCUT2D eigenvalue weighted by Gasteiger charge is 2.40. The quantitative estimate of drug-likeness (QED) is 0.510. The third-order valence-electron chi connectivity index (χ3n) is 7.92. The van der Waals surface area contributed by atoms with Crippen LogP contribution in [-0.4, -0.2) is 42.9 Å². The lowest BCUT2D eigenvalue weighted by Gasteiger charge is -2.36. The SMILES string of the molecule is CC1CCN(c2ncccc2C(=O)NS(=O)(=O)c2cccc(N3CCCC3c3ccccc3)n2)C1(C)C. The minimum Gasteiger partial charge on any atom is -0.351 e. The number of carbonyl (C=O) groups is 1. The molecule has 194 valence electrons. The Balaban J connectivity index is 1.40. The third kappa shape index (κ3) is 4.80. The van der Waals surface area contributed by atoms with E-state index in [2.05, 4.69) is 57.4 Å². The Labute approximate surface area is 218 Å². The van der Waals surface area contributed by atoms with E-state index in [9.17, 15) is 13.2 Å². The van der Waals surface area contributed by atoms with Gasteiger partial charge in [-0.2, -0.15) is 8.42 Å². The molecule has 1 N–H and O–H groups in total. The third-order valence-corrected chi connectivity index (χ3v) is 9.15. The van der Waals surface area contributed by atoms with Crippen LogP contribution in [0.2, 0.25) is 0 Å². The lowest BCUT2D eigenvalue weighted by molar-refractivity contribution is 0.0981. The van der Waals surface area contributed by atoms with Gasteiger partial charge >= 0.3 is 0 Å². The first-order chi connectivity index (χ1) is 17.7. The van der Waals surface area contributed by atoms with Gasteiger partial charge in [0, 0.05) is 24.8 Å². The van der Waals surface area contributed by atoms with Gasteiger partial charge in [0.05, 0.1) is 11.6 Å². The predicted molar refractivity (Wildman–Crippen MR) is 144 cm³/mol. The van der Waals surface area contributed by atoms with Crippen molar-refractivity contribution in [1.82, 2.24) is 14.7 Å². The Kier molecular flexibility index (Phi) is 6.66. The minimum absolute atomic E-state index is 0.130. The summed E-state index contributed by atoms with van der Waals surface area (Å²) in [6.07, 6.45) is 4.56. The molecule has 1 amide bonds. The zero-order valence-electron chi connectivity index (χ0n) is 21.5. The zero-order chi connectivity index (χ0) is 26.2. The first-order valence-electron chi connectivity index (χ1n) is 12.8. The number of amides is 1. The number of pyridine rings is 2. The second kappa shape index (κ2) is 9.78. The summed E-state index contributed by atoms with van der Waals surface area (Å²) in [4.78, 5) is 26.5. The molecule has 0 radical (unpaired) electrons. The highest BCUT2D eigenvalue weighted by molar-refractivity contribution is 7.90.